The summed E-state index contributed by atoms with van der Waals surface area (Å²) < 4.78 is 129. The van der Waals surface area contributed by atoms with Crippen LogP contribution in [0.5, 0.6) is 0 Å². The number of carbonyl (C=O) groups excluding carboxylic acids is 1. The largest absolute Gasteiger partial charge is 0.455 e. The van der Waals surface area contributed by atoms with E-state index in [1.165, 1.54) is 13.8 Å². The molecule has 0 rings (SSSR count). The molecule has 2 N–H and O–H groups in total. The zero-order valence-electron chi connectivity index (χ0n) is 16.0. The SMILES string of the molecule is C=C(COCCC(F)(F)C(F)(F)S(=O)(=O)O)C(=O)OC(C(C)C)C(C)(O)C(F)(F)F. The molecule has 0 aliphatic heterocycles. The first kappa shape index (κ1) is 28.5. The molecule has 30 heavy (non-hydrogen) atoms. The standard InChI is InChI=1S/C15H21F7O7S/c1-8(2)10(12(4,24)14(18,19)20)29-11(23)9(3)7-28-6-5-13(16,17)15(21,22)30(25,26)27/h8,10,24H,3,5-7H2,1-2,4H3,(H,25,26,27). The number of esters is 1. The molecular formula is C15H21F7O7S. The summed E-state index contributed by atoms with van der Waals surface area (Å²) in [6.07, 6.45) is -9.12. The predicted molar refractivity (Wildman–Crippen MR) is 87.4 cm³/mol. The lowest BCUT2D eigenvalue weighted by Gasteiger charge is -2.36. The van der Waals surface area contributed by atoms with Gasteiger partial charge in [-0.05, 0) is 12.8 Å². The van der Waals surface area contributed by atoms with Crippen molar-refractivity contribution in [1.29, 1.82) is 0 Å². The highest BCUT2D eigenvalue weighted by Crippen LogP contribution is 2.40. The van der Waals surface area contributed by atoms with Crippen molar-refractivity contribution >= 4 is 16.1 Å². The predicted octanol–water partition coefficient (Wildman–Crippen LogP) is 2.95. The van der Waals surface area contributed by atoms with Crippen molar-refractivity contribution in [2.75, 3.05) is 13.2 Å². The molecule has 0 spiro atoms. The molecule has 0 bridgehead atoms. The highest BCUT2D eigenvalue weighted by atomic mass is 32.2. The number of carbonyl (C=O) groups is 1. The van der Waals surface area contributed by atoms with Gasteiger partial charge in [0.1, 0.15) is 6.10 Å². The molecule has 0 radical (unpaired) electrons. The summed E-state index contributed by atoms with van der Waals surface area (Å²) in [5.41, 5.74) is -4.12. The third kappa shape index (κ3) is 6.52. The van der Waals surface area contributed by atoms with Crippen molar-refractivity contribution in [2.45, 2.75) is 56.3 Å². The van der Waals surface area contributed by atoms with Gasteiger partial charge in [-0.1, -0.05) is 20.4 Å². The van der Waals surface area contributed by atoms with Crippen LogP contribution in [0.15, 0.2) is 12.2 Å². The van der Waals surface area contributed by atoms with Crippen molar-refractivity contribution < 1.29 is 63.1 Å². The molecule has 2 atom stereocenters. The maximum atomic E-state index is 13.3. The van der Waals surface area contributed by atoms with E-state index in [1.54, 1.807) is 0 Å². The molecular weight excluding hydrogens is 457 g/mol. The summed E-state index contributed by atoms with van der Waals surface area (Å²) in [5.74, 6) is -7.72. The van der Waals surface area contributed by atoms with E-state index in [2.05, 4.69) is 16.1 Å². The molecule has 0 aliphatic carbocycles. The second kappa shape index (κ2) is 9.36. The minimum absolute atomic E-state index is 0.377. The monoisotopic (exact) mass is 478 g/mol. The van der Waals surface area contributed by atoms with E-state index >= 15 is 0 Å². The van der Waals surface area contributed by atoms with E-state index in [9.17, 15) is 49.1 Å². The molecule has 0 aliphatic rings. The molecule has 2 unspecified atom stereocenters. The van der Waals surface area contributed by atoms with Crippen LogP contribution >= 0.6 is 0 Å². The van der Waals surface area contributed by atoms with Crippen LogP contribution in [0.2, 0.25) is 0 Å². The fraction of sp³-hybridized carbons (Fsp3) is 0.800. The minimum atomic E-state index is -6.42. The van der Waals surface area contributed by atoms with Gasteiger partial charge in [-0.3, -0.25) is 4.55 Å². The van der Waals surface area contributed by atoms with E-state index in [-0.39, 0.29) is 0 Å². The summed E-state index contributed by atoms with van der Waals surface area (Å²) >= 11 is 0. The zero-order chi connectivity index (χ0) is 24.3. The molecule has 0 fully saturated rings. The van der Waals surface area contributed by atoms with Gasteiger partial charge in [0.15, 0.2) is 5.60 Å². The second-order valence-corrected chi connectivity index (χ2v) is 8.28. The number of hydrogen-bond acceptors (Lipinski definition) is 6. The Kier molecular flexibility index (Phi) is 8.91. The van der Waals surface area contributed by atoms with Gasteiger partial charge < -0.3 is 14.6 Å². The highest BCUT2D eigenvalue weighted by molar-refractivity contribution is 7.87. The van der Waals surface area contributed by atoms with Gasteiger partial charge >= 0.3 is 33.4 Å². The Labute approximate surface area is 167 Å². The van der Waals surface area contributed by atoms with Gasteiger partial charge in [-0.2, -0.15) is 39.2 Å². The zero-order valence-corrected chi connectivity index (χ0v) is 16.8. The lowest BCUT2D eigenvalue weighted by atomic mass is 9.89. The average molecular weight is 478 g/mol. The molecule has 0 saturated heterocycles. The van der Waals surface area contributed by atoms with Crippen LogP contribution < -0.4 is 0 Å². The molecule has 0 aromatic heterocycles. The number of aliphatic hydroxyl groups is 1. The van der Waals surface area contributed by atoms with Crippen LogP contribution in [-0.2, 0) is 24.4 Å². The lowest BCUT2D eigenvalue weighted by Crippen LogP contribution is -2.55. The summed E-state index contributed by atoms with van der Waals surface area (Å²) in [4.78, 5) is 11.9. The molecule has 0 saturated carbocycles. The van der Waals surface area contributed by atoms with Crippen LogP contribution in [0.1, 0.15) is 27.2 Å². The van der Waals surface area contributed by atoms with E-state index in [4.69, 9.17) is 4.55 Å². The number of alkyl halides is 7. The molecule has 0 amide bonds. The smallest absolute Gasteiger partial charge is 0.431 e. The van der Waals surface area contributed by atoms with Gasteiger partial charge in [0.05, 0.1) is 18.8 Å². The third-order valence-corrected chi connectivity index (χ3v) is 4.79. The third-order valence-electron chi connectivity index (χ3n) is 3.84. The van der Waals surface area contributed by atoms with Gasteiger partial charge in [0.2, 0.25) is 0 Å². The maximum Gasteiger partial charge on any atom is 0.431 e. The molecule has 0 aromatic rings. The van der Waals surface area contributed by atoms with E-state index in [1.807, 2.05) is 0 Å². The van der Waals surface area contributed by atoms with E-state index in [0.29, 0.717) is 6.92 Å². The van der Waals surface area contributed by atoms with Crippen LogP contribution in [0.4, 0.5) is 30.7 Å². The van der Waals surface area contributed by atoms with Crippen molar-refractivity contribution in [3.05, 3.63) is 12.2 Å². The van der Waals surface area contributed by atoms with Gasteiger partial charge in [0.25, 0.3) is 0 Å². The number of rotatable bonds is 11. The summed E-state index contributed by atoms with van der Waals surface area (Å²) in [6, 6.07) is 0. The molecule has 7 nitrogen and oxygen atoms in total. The second-order valence-electron chi connectivity index (χ2n) is 6.82. The Morgan fingerprint density at radius 1 is 1.10 bits per heavy atom. The Balaban J connectivity index is 4.93. The maximum absolute atomic E-state index is 13.3. The molecule has 178 valence electrons. The minimum Gasteiger partial charge on any atom is -0.455 e. The van der Waals surface area contributed by atoms with E-state index in [0.717, 1.165) is 0 Å². The van der Waals surface area contributed by atoms with Gasteiger partial charge in [0, 0.05) is 6.42 Å². The Morgan fingerprint density at radius 2 is 1.57 bits per heavy atom. The van der Waals surface area contributed by atoms with Crippen LogP contribution in [0.25, 0.3) is 0 Å². The first-order valence-corrected chi connectivity index (χ1v) is 9.52. The van der Waals surface area contributed by atoms with Crippen molar-refractivity contribution in [3.63, 3.8) is 0 Å². The Bertz CT molecular complexity index is 730. The fourth-order valence-corrected chi connectivity index (χ4v) is 2.53. The number of hydrogen-bond donors (Lipinski definition) is 2. The van der Waals surface area contributed by atoms with Crippen molar-refractivity contribution in [3.8, 4) is 0 Å². The summed E-state index contributed by atoms with van der Waals surface area (Å²) in [5, 5.41) is 3.87. The number of halogens is 7. The van der Waals surface area contributed by atoms with Crippen molar-refractivity contribution in [1.82, 2.24) is 0 Å². The first-order chi connectivity index (χ1) is 13.1. The van der Waals surface area contributed by atoms with Crippen LogP contribution in [-0.4, -0.2) is 66.3 Å². The molecule has 0 aromatic carbocycles. The van der Waals surface area contributed by atoms with Gasteiger partial charge in [-0.15, -0.1) is 0 Å². The summed E-state index contributed by atoms with van der Waals surface area (Å²) in [6.45, 7) is 3.73. The Hall–Kier alpha value is -1.45. The first-order valence-electron chi connectivity index (χ1n) is 8.08. The molecule has 0 heterocycles. The van der Waals surface area contributed by atoms with Crippen LogP contribution in [0, 0.1) is 5.92 Å². The van der Waals surface area contributed by atoms with Crippen molar-refractivity contribution in [2.24, 2.45) is 5.92 Å². The number of ether oxygens (including phenoxy) is 2. The highest BCUT2D eigenvalue weighted by Gasteiger charge is 2.65. The quantitative estimate of drug-likeness (QED) is 0.155. The normalized spacial score (nSPS) is 16.8. The fourth-order valence-electron chi connectivity index (χ4n) is 2.05. The topological polar surface area (TPSA) is 110 Å². The Morgan fingerprint density at radius 3 is 1.93 bits per heavy atom. The molecule has 15 heteroatoms. The van der Waals surface area contributed by atoms with E-state index < -0.39 is 76.3 Å². The summed E-state index contributed by atoms with van der Waals surface area (Å²) in [7, 11) is -6.42. The van der Waals surface area contributed by atoms with Crippen LogP contribution in [0.3, 0.4) is 0 Å². The van der Waals surface area contributed by atoms with Gasteiger partial charge in [-0.25, -0.2) is 4.79 Å². The lowest BCUT2D eigenvalue weighted by molar-refractivity contribution is -0.290. The average Bonchev–Trinajstić information content (AvgIpc) is 2.53.